The number of primary amides is 1. The molecule has 2 amide bonds. The Morgan fingerprint density at radius 1 is 1.31 bits per heavy atom. The molecular formula is C16H16F3N5O2. The van der Waals surface area contributed by atoms with E-state index in [2.05, 4.69) is 10.1 Å². The lowest BCUT2D eigenvalue weighted by molar-refractivity contribution is -0.141. The maximum atomic E-state index is 13.3. The number of nitrogens with zero attached hydrogens (tertiary/aromatic N) is 4. The van der Waals surface area contributed by atoms with Gasteiger partial charge in [0.05, 0.1) is 5.56 Å². The summed E-state index contributed by atoms with van der Waals surface area (Å²) in [6, 6.07) is 3.05. The Labute approximate surface area is 146 Å². The van der Waals surface area contributed by atoms with Gasteiger partial charge in [-0.3, -0.25) is 19.2 Å². The van der Waals surface area contributed by atoms with E-state index in [1.165, 1.54) is 6.07 Å². The highest BCUT2D eigenvalue weighted by atomic mass is 19.4. The van der Waals surface area contributed by atoms with Crippen LogP contribution >= 0.6 is 0 Å². The van der Waals surface area contributed by atoms with Crippen molar-refractivity contribution in [3.05, 3.63) is 40.8 Å². The SMILES string of the molecule is CCn1cc(C(=O)N2CCCc3ccc(C(N)=O)nc32)c(C(F)(F)F)n1. The van der Waals surface area contributed by atoms with Gasteiger partial charge in [-0.25, -0.2) is 4.98 Å². The zero-order chi connectivity index (χ0) is 19.1. The van der Waals surface area contributed by atoms with E-state index in [9.17, 15) is 22.8 Å². The maximum absolute atomic E-state index is 13.3. The van der Waals surface area contributed by atoms with E-state index in [1.807, 2.05) is 0 Å². The van der Waals surface area contributed by atoms with Crippen LogP contribution in [0.1, 0.15) is 45.4 Å². The van der Waals surface area contributed by atoms with E-state index in [0.29, 0.717) is 18.4 Å². The predicted octanol–water partition coefficient (Wildman–Crippen LogP) is 2.01. The standard InChI is InChI=1S/C16H16F3N5O2/c1-2-23-8-10(12(22-23)16(17,18)19)15(26)24-7-3-4-9-5-6-11(13(20)25)21-14(9)24/h5-6,8H,2-4,7H2,1H3,(H2,20,25). The van der Waals surface area contributed by atoms with Crippen LogP contribution in [0.25, 0.3) is 0 Å². The molecule has 26 heavy (non-hydrogen) atoms. The molecule has 0 aliphatic carbocycles. The molecule has 0 spiro atoms. The largest absolute Gasteiger partial charge is 0.435 e. The van der Waals surface area contributed by atoms with E-state index in [-0.39, 0.29) is 24.6 Å². The van der Waals surface area contributed by atoms with Crippen molar-refractivity contribution in [2.45, 2.75) is 32.5 Å². The van der Waals surface area contributed by atoms with Crippen molar-refractivity contribution < 1.29 is 22.8 Å². The summed E-state index contributed by atoms with van der Waals surface area (Å²) in [4.78, 5) is 29.4. The zero-order valence-corrected chi connectivity index (χ0v) is 13.9. The molecule has 0 bridgehead atoms. The summed E-state index contributed by atoms with van der Waals surface area (Å²) in [5.41, 5.74) is 4.06. The normalized spacial score (nSPS) is 14.2. The fourth-order valence-electron chi connectivity index (χ4n) is 2.87. The molecule has 0 saturated carbocycles. The summed E-state index contributed by atoms with van der Waals surface area (Å²) < 4.78 is 40.9. The number of rotatable bonds is 3. The van der Waals surface area contributed by atoms with E-state index >= 15 is 0 Å². The lowest BCUT2D eigenvalue weighted by Gasteiger charge is -2.28. The average Bonchev–Trinajstić information content (AvgIpc) is 3.05. The summed E-state index contributed by atoms with van der Waals surface area (Å²) in [6.45, 7) is 2.00. The second kappa shape index (κ2) is 6.43. The predicted molar refractivity (Wildman–Crippen MR) is 85.7 cm³/mol. The van der Waals surface area contributed by atoms with Gasteiger partial charge in [0.2, 0.25) is 0 Å². The highest BCUT2D eigenvalue weighted by molar-refractivity contribution is 6.07. The molecule has 3 rings (SSSR count). The summed E-state index contributed by atoms with van der Waals surface area (Å²) in [6.07, 6.45) is -2.50. The van der Waals surface area contributed by atoms with Gasteiger partial charge in [0.15, 0.2) is 5.69 Å². The van der Waals surface area contributed by atoms with E-state index in [4.69, 9.17) is 5.73 Å². The van der Waals surface area contributed by atoms with Crippen LogP contribution in [0.15, 0.2) is 18.3 Å². The number of hydrogen-bond donors (Lipinski definition) is 1. The Morgan fingerprint density at radius 2 is 2.04 bits per heavy atom. The third-order valence-corrected chi connectivity index (χ3v) is 4.12. The summed E-state index contributed by atoms with van der Waals surface area (Å²) in [5.74, 6) is -1.47. The number of halogens is 3. The monoisotopic (exact) mass is 367 g/mol. The van der Waals surface area contributed by atoms with E-state index in [1.54, 1.807) is 13.0 Å². The van der Waals surface area contributed by atoms with Crippen molar-refractivity contribution >= 4 is 17.6 Å². The highest BCUT2D eigenvalue weighted by Crippen LogP contribution is 2.33. The minimum atomic E-state index is -4.76. The van der Waals surface area contributed by atoms with Gasteiger partial charge in [0, 0.05) is 19.3 Å². The topological polar surface area (TPSA) is 94.1 Å². The first-order chi connectivity index (χ1) is 12.2. The lowest BCUT2D eigenvalue weighted by atomic mass is 10.0. The molecule has 0 unspecified atom stereocenters. The molecular weight excluding hydrogens is 351 g/mol. The van der Waals surface area contributed by atoms with Gasteiger partial charge in [0.25, 0.3) is 11.8 Å². The molecule has 0 radical (unpaired) electrons. The van der Waals surface area contributed by atoms with Crippen molar-refractivity contribution in [3.63, 3.8) is 0 Å². The Morgan fingerprint density at radius 3 is 2.65 bits per heavy atom. The third kappa shape index (κ3) is 3.14. The van der Waals surface area contributed by atoms with Crippen molar-refractivity contribution in [1.82, 2.24) is 14.8 Å². The summed E-state index contributed by atoms with van der Waals surface area (Å²) in [7, 11) is 0. The fourth-order valence-corrected chi connectivity index (χ4v) is 2.87. The van der Waals surface area contributed by atoms with Gasteiger partial charge in [-0.2, -0.15) is 18.3 Å². The van der Waals surface area contributed by atoms with Crippen LogP contribution in [-0.2, 0) is 19.1 Å². The Bertz CT molecular complexity index is 875. The second-order valence-electron chi connectivity index (χ2n) is 5.85. The first-order valence-electron chi connectivity index (χ1n) is 7.98. The Kier molecular flexibility index (Phi) is 4.43. The molecule has 138 valence electrons. The molecule has 0 fully saturated rings. The summed E-state index contributed by atoms with van der Waals surface area (Å²) >= 11 is 0. The van der Waals surface area contributed by atoms with Gasteiger partial charge >= 0.3 is 6.18 Å². The van der Waals surface area contributed by atoms with Gasteiger partial charge in [-0.15, -0.1) is 0 Å². The Hall–Kier alpha value is -2.91. The molecule has 10 heteroatoms. The highest BCUT2D eigenvalue weighted by Gasteiger charge is 2.41. The molecule has 7 nitrogen and oxygen atoms in total. The van der Waals surface area contributed by atoms with Crippen LogP contribution in [-0.4, -0.2) is 33.1 Å². The molecule has 0 saturated heterocycles. The second-order valence-corrected chi connectivity index (χ2v) is 5.85. The fraction of sp³-hybridized carbons (Fsp3) is 0.375. The van der Waals surface area contributed by atoms with Crippen LogP contribution in [0.5, 0.6) is 0 Å². The molecule has 1 aliphatic rings. The van der Waals surface area contributed by atoms with E-state index in [0.717, 1.165) is 15.8 Å². The van der Waals surface area contributed by atoms with Crippen LogP contribution in [0.4, 0.5) is 19.0 Å². The van der Waals surface area contributed by atoms with Crippen molar-refractivity contribution in [2.24, 2.45) is 5.73 Å². The number of pyridine rings is 1. The summed E-state index contributed by atoms with van der Waals surface area (Å²) in [5, 5.41) is 3.47. The molecule has 3 heterocycles. The molecule has 2 N–H and O–H groups in total. The van der Waals surface area contributed by atoms with Crippen molar-refractivity contribution in [3.8, 4) is 0 Å². The lowest BCUT2D eigenvalue weighted by Crippen LogP contribution is -2.37. The van der Waals surface area contributed by atoms with Crippen molar-refractivity contribution in [1.29, 1.82) is 0 Å². The number of fused-ring (bicyclic) bond motifs is 1. The molecule has 0 atom stereocenters. The number of nitrogens with two attached hydrogens (primary N) is 1. The quantitative estimate of drug-likeness (QED) is 0.898. The molecule has 0 aromatic carbocycles. The van der Waals surface area contributed by atoms with Gasteiger partial charge in [-0.1, -0.05) is 6.07 Å². The number of anilines is 1. The molecule has 2 aromatic rings. The van der Waals surface area contributed by atoms with Gasteiger partial charge in [0.1, 0.15) is 11.5 Å². The van der Waals surface area contributed by atoms with Crippen LogP contribution in [0.2, 0.25) is 0 Å². The zero-order valence-electron chi connectivity index (χ0n) is 13.9. The smallest absolute Gasteiger partial charge is 0.364 e. The maximum Gasteiger partial charge on any atom is 0.435 e. The van der Waals surface area contributed by atoms with Crippen LogP contribution < -0.4 is 10.6 Å². The number of carbonyl (C=O) groups excluding carboxylic acids is 2. The number of aromatic nitrogens is 3. The van der Waals surface area contributed by atoms with E-state index < -0.39 is 29.2 Å². The first kappa shape index (κ1) is 17.9. The number of amides is 2. The number of alkyl halides is 3. The number of aryl methyl sites for hydroxylation is 2. The number of carbonyl (C=O) groups is 2. The van der Waals surface area contributed by atoms with Gasteiger partial charge < -0.3 is 5.73 Å². The molecule has 2 aromatic heterocycles. The van der Waals surface area contributed by atoms with Crippen molar-refractivity contribution in [2.75, 3.05) is 11.4 Å². The third-order valence-electron chi connectivity index (χ3n) is 4.12. The average molecular weight is 367 g/mol. The molecule has 1 aliphatic heterocycles. The van der Waals surface area contributed by atoms with Crippen LogP contribution in [0, 0.1) is 0 Å². The first-order valence-corrected chi connectivity index (χ1v) is 7.98. The minimum absolute atomic E-state index is 0.0521. The number of hydrogen-bond acceptors (Lipinski definition) is 4. The van der Waals surface area contributed by atoms with Gasteiger partial charge in [-0.05, 0) is 31.4 Å². The Balaban J connectivity index is 2.07. The minimum Gasteiger partial charge on any atom is -0.364 e. The van der Waals surface area contributed by atoms with Crippen LogP contribution in [0.3, 0.4) is 0 Å².